The summed E-state index contributed by atoms with van der Waals surface area (Å²) in [6.45, 7) is 6.29. The van der Waals surface area contributed by atoms with Gasteiger partial charge in [-0.05, 0) is 32.4 Å². The molecule has 1 aromatic carbocycles. The van der Waals surface area contributed by atoms with Gasteiger partial charge in [-0.25, -0.2) is 0 Å². The van der Waals surface area contributed by atoms with Gasteiger partial charge in [-0.15, -0.1) is 0 Å². The van der Waals surface area contributed by atoms with E-state index in [-0.39, 0.29) is 11.9 Å². The lowest BCUT2D eigenvalue weighted by Crippen LogP contribution is -2.59. The van der Waals surface area contributed by atoms with E-state index in [0.29, 0.717) is 25.6 Å². The van der Waals surface area contributed by atoms with Gasteiger partial charge in [-0.2, -0.15) is 0 Å². The number of nitrogens with two attached hydrogens (primary N) is 1. The Balaban J connectivity index is 2.13. The Hall–Kier alpha value is -1.39. The van der Waals surface area contributed by atoms with Gasteiger partial charge in [0.25, 0.3) is 0 Å². The molecule has 0 spiro atoms. The molecule has 4 nitrogen and oxygen atoms in total. The molecule has 1 fully saturated rings. The second kappa shape index (κ2) is 6.17. The molecule has 0 aromatic heterocycles. The maximum absolute atomic E-state index is 12.0. The van der Waals surface area contributed by atoms with E-state index in [0.717, 1.165) is 6.54 Å². The van der Waals surface area contributed by atoms with Crippen LogP contribution in [0.1, 0.15) is 24.5 Å². The summed E-state index contributed by atoms with van der Waals surface area (Å²) < 4.78 is 0. The van der Waals surface area contributed by atoms with Crippen molar-refractivity contribution in [1.29, 1.82) is 0 Å². The molecule has 0 bridgehead atoms. The molecule has 0 aliphatic carbocycles. The molecule has 2 rings (SSSR count). The lowest BCUT2D eigenvalue weighted by molar-refractivity contribution is -0.131. The number of rotatable bonds is 4. The first kappa shape index (κ1) is 14.0. The molecule has 4 heteroatoms. The highest BCUT2D eigenvalue weighted by Crippen LogP contribution is 2.18. The first-order valence-electron chi connectivity index (χ1n) is 6.91. The van der Waals surface area contributed by atoms with Crippen LogP contribution in [0.15, 0.2) is 24.3 Å². The minimum absolute atomic E-state index is 0.102. The highest BCUT2D eigenvalue weighted by molar-refractivity contribution is 5.82. The van der Waals surface area contributed by atoms with Crippen LogP contribution in [0.2, 0.25) is 0 Å². The van der Waals surface area contributed by atoms with E-state index in [9.17, 15) is 4.79 Å². The zero-order valence-electron chi connectivity index (χ0n) is 11.7. The Bertz CT molecular complexity index is 430. The van der Waals surface area contributed by atoms with Crippen molar-refractivity contribution in [3.8, 4) is 0 Å². The van der Waals surface area contributed by atoms with Crippen molar-refractivity contribution in [3.05, 3.63) is 35.4 Å². The Kier molecular flexibility index (Phi) is 4.56. The second-order valence-corrected chi connectivity index (χ2v) is 5.35. The van der Waals surface area contributed by atoms with Crippen LogP contribution in [-0.4, -0.2) is 36.0 Å². The van der Waals surface area contributed by atoms with Crippen LogP contribution in [0, 0.1) is 6.92 Å². The molecule has 0 radical (unpaired) electrons. The topological polar surface area (TPSA) is 58.4 Å². The third-order valence-corrected chi connectivity index (χ3v) is 3.77. The van der Waals surface area contributed by atoms with Gasteiger partial charge in [-0.1, -0.05) is 29.8 Å². The summed E-state index contributed by atoms with van der Waals surface area (Å²) in [5.74, 6) is 0.107. The van der Waals surface area contributed by atoms with Crippen molar-refractivity contribution in [2.75, 3.05) is 13.1 Å². The highest BCUT2D eigenvalue weighted by atomic mass is 16.2. The molecule has 19 heavy (non-hydrogen) atoms. The van der Waals surface area contributed by atoms with Crippen LogP contribution >= 0.6 is 0 Å². The minimum atomic E-state index is -0.102. The fraction of sp³-hybridized carbons (Fsp3) is 0.533. The summed E-state index contributed by atoms with van der Waals surface area (Å²) in [6, 6.07) is 8.73. The number of hydrogen-bond acceptors (Lipinski definition) is 3. The second-order valence-electron chi connectivity index (χ2n) is 5.35. The van der Waals surface area contributed by atoms with Gasteiger partial charge >= 0.3 is 0 Å². The molecule has 2 unspecified atom stereocenters. The van der Waals surface area contributed by atoms with E-state index >= 15 is 0 Å². The molecule has 0 saturated carbocycles. The molecule has 1 saturated heterocycles. The largest absolute Gasteiger partial charge is 0.353 e. The summed E-state index contributed by atoms with van der Waals surface area (Å²) in [6.07, 6.45) is 0.710. The number of carbonyl (C=O) groups excluding carboxylic acids is 1. The van der Waals surface area contributed by atoms with Crippen LogP contribution in [0.25, 0.3) is 0 Å². The molecule has 104 valence electrons. The number of nitrogens with one attached hydrogen (secondary N) is 1. The van der Waals surface area contributed by atoms with E-state index in [1.165, 1.54) is 11.1 Å². The zero-order valence-corrected chi connectivity index (χ0v) is 11.7. The summed E-state index contributed by atoms with van der Waals surface area (Å²) in [5, 5.41) is 2.96. The number of carbonyl (C=O) groups is 1. The van der Waals surface area contributed by atoms with Crippen molar-refractivity contribution in [1.82, 2.24) is 10.2 Å². The standard InChI is InChI=1S/C15H23N3O/c1-11-3-5-13(6-4-11)10-18-12(2)9-17-15(19)14(18)7-8-16/h3-6,12,14H,7-10,16H2,1-2H3,(H,17,19). The Morgan fingerprint density at radius 1 is 1.37 bits per heavy atom. The summed E-state index contributed by atoms with van der Waals surface area (Å²) in [4.78, 5) is 14.2. The lowest BCUT2D eigenvalue weighted by Gasteiger charge is -2.40. The molecule has 1 aliphatic heterocycles. The van der Waals surface area contributed by atoms with Crippen molar-refractivity contribution in [2.45, 2.75) is 38.9 Å². The van der Waals surface area contributed by atoms with E-state index in [4.69, 9.17) is 5.73 Å². The maximum Gasteiger partial charge on any atom is 0.237 e. The number of aryl methyl sites for hydroxylation is 1. The Morgan fingerprint density at radius 2 is 2.05 bits per heavy atom. The lowest BCUT2D eigenvalue weighted by atomic mass is 10.0. The van der Waals surface area contributed by atoms with Crippen LogP contribution in [-0.2, 0) is 11.3 Å². The summed E-state index contributed by atoms with van der Waals surface area (Å²) in [7, 11) is 0. The molecule has 3 N–H and O–H groups in total. The predicted octanol–water partition coefficient (Wildman–Crippen LogP) is 1.03. The zero-order chi connectivity index (χ0) is 13.8. The van der Waals surface area contributed by atoms with Gasteiger partial charge < -0.3 is 11.1 Å². The van der Waals surface area contributed by atoms with Crippen LogP contribution in [0.3, 0.4) is 0 Å². The van der Waals surface area contributed by atoms with Crippen molar-refractivity contribution < 1.29 is 4.79 Å². The van der Waals surface area contributed by atoms with Gasteiger partial charge in [0.05, 0.1) is 6.04 Å². The average Bonchev–Trinajstić information content (AvgIpc) is 2.40. The first-order chi connectivity index (χ1) is 9.11. The molecule has 1 heterocycles. The number of nitrogens with zero attached hydrogens (tertiary/aromatic N) is 1. The Morgan fingerprint density at radius 3 is 2.68 bits per heavy atom. The van der Waals surface area contributed by atoms with E-state index < -0.39 is 0 Å². The van der Waals surface area contributed by atoms with Gasteiger partial charge in [0.1, 0.15) is 0 Å². The number of amides is 1. The molecule has 2 atom stereocenters. The molecule has 1 aliphatic rings. The van der Waals surface area contributed by atoms with Crippen LogP contribution in [0.4, 0.5) is 0 Å². The summed E-state index contributed by atoms with van der Waals surface area (Å²) >= 11 is 0. The molecule has 1 amide bonds. The van der Waals surface area contributed by atoms with Gasteiger partial charge in [-0.3, -0.25) is 9.69 Å². The predicted molar refractivity (Wildman–Crippen MR) is 76.7 cm³/mol. The molecule has 1 aromatic rings. The normalized spacial score (nSPS) is 24.3. The van der Waals surface area contributed by atoms with Crippen molar-refractivity contribution in [2.24, 2.45) is 5.73 Å². The number of hydrogen-bond donors (Lipinski definition) is 2. The van der Waals surface area contributed by atoms with Gasteiger partial charge in [0.15, 0.2) is 0 Å². The van der Waals surface area contributed by atoms with Crippen LogP contribution in [0.5, 0.6) is 0 Å². The molecular formula is C15H23N3O. The Labute approximate surface area is 115 Å². The fourth-order valence-electron chi connectivity index (χ4n) is 2.57. The quantitative estimate of drug-likeness (QED) is 0.851. The number of piperazine rings is 1. The van der Waals surface area contributed by atoms with Crippen molar-refractivity contribution >= 4 is 5.91 Å². The minimum Gasteiger partial charge on any atom is -0.353 e. The summed E-state index contributed by atoms with van der Waals surface area (Å²) in [5.41, 5.74) is 8.14. The highest BCUT2D eigenvalue weighted by Gasteiger charge is 2.33. The SMILES string of the molecule is Cc1ccc(CN2C(C)CNC(=O)C2CCN)cc1. The monoisotopic (exact) mass is 261 g/mol. The van der Waals surface area contributed by atoms with Crippen molar-refractivity contribution in [3.63, 3.8) is 0 Å². The molecular weight excluding hydrogens is 238 g/mol. The smallest absolute Gasteiger partial charge is 0.237 e. The van der Waals surface area contributed by atoms with E-state index in [2.05, 4.69) is 48.3 Å². The maximum atomic E-state index is 12.0. The van der Waals surface area contributed by atoms with Crippen LogP contribution < -0.4 is 11.1 Å². The van der Waals surface area contributed by atoms with E-state index in [1.54, 1.807) is 0 Å². The van der Waals surface area contributed by atoms with E-state index in [1.807, 2.05) is 0 Å². The average molecular weight is 261 g/mol. The fourth-order valence-corrected chi connectivity index (χ4v) is 2.57. The van der Waals surface area contributed by atoms with Gasteiger partial charge in [0, 0.05) is 19.1 Å². The number of benzene rings is 1. The first-order valence-corrected chi connectivity index (χ1v) is 6.91. The third-order valence-electron chi connectivity index (χ3n) is 3.77. The van der Waals surface area contributed by atoms with Gasteiger partial charge in [0.2, 0.25) is 5.91 Å². The third kappa shape index (κ3) is 3.33.